The Morgan fingerprint density at radius 3 is 2.75 bits per heavy atom. The highest BCUT2D eigenvalue weighted by molar-refractivity contribution is 7.17. The number of benzene rings is 1. The second-order valence-corrected chi connectivity index (χ2v) is 6.29. The normalized spacial score (nSPS) is 10.7. The number of fused-ring (bicyclic) bond motifs is 1. The van der Waals surface area contributed by atoms with Gasteiger partial charge < -0.3 is 14.6 Å². The first-order valence-corrected chi connectivity index (χ1v) is 8.52. The van der Waals surface area contributed by atoms with Crippen molar-refractivity contribution >= 4 is 33.4 Å². The zero-order chi connectivity index (χ0) is 16.9. The molecule has 0 unspecified atom stereocenters. The van der Waals surface area contributed by atoms with Crippen molar-refractivity contribution in [3.05, 3.63) is 59.1 Å². The van der Waals surface area contributed by atoms with E-state index in [1.807, 2.05) is 40.3 Å². The van der Waals surface area contributed by atoms with Crippen molar-refractivity contribution in [1.29, 1.82) is 0 Å². The van der Waals surface area contributed by atoms with Crippen LogP contribution in [-0.4, -0.2) is 30.1 Å². The van der Waals surface area contributed by atoms with Gasteiger partial charge in [-0.2, -0.15) is 0 Å². The summed E-state index contributed by atoms with van der Waals surface area (Å²) in [6.07, 6.45) is 0.831. The van der Waals surface area contributed by atoms with Crippen molar-refractivity contribution in [2.24, 2.45) is 0 Å². The summed E-state index contributed by atoms with van der Waals surface area (Å²) in [5.41, 5.74) is 2.83. The molecule has 0 radical (unpaired) electrons. The van der Waals surface area contributed by atoms with E-state index in [2.05, 4.69) is 22.2 Å². The number of thiophene rings is 1. The minimum Gasteiger partial charge on any atom is -0.468 e. The van der Waals surface area contributed by atoms with Crippen LogP contribution in [0.15, 0.2) is 47.8 Å². The number of methoxy groups -OCH3 is 1. The third-order valence-electron chi connectivity index (χ3n) is 3.84. The van der Waals surface area contributed by atoms with E-state index in [1.54, 1.807) is 11.3 Å². The lowest BCUT2D eigenvalue weighted by Crippen LogP contribution is -2.31. The number of hydrogen-bond donors (Lipinski definition) is 1. The number of carbonyl (C=O) groups excluding carboxylic acids is 2. The van der Waals surface area contributed by atoms with Crippen LogP contribution < -0.4 is 5.32 Å². The van der Waals surface area contributed by atoms with Gasteiger partial charge in [0.25, 0.3) is 5.91 Å². The molecule has 0 saturated carbocycles. The van der Waals surface area contributed by atoms with E-state index in [4.69, 9.17) is 0 Å². The maximum Gasteiger partial charge on any atom is 0.325 e. The van der Waals surface area contributed by atoms with E-state index >= 15 is 0 Å². The summed E-state index contributed by atoms with van der Waals surface area (Å²) in [7, 11) is 1.30. The minimum atomic E-state index is -0.465. The number of nitrogens with one attached hydrogen (secondary N) is 1. The van der Waals surface area contributed by atoms with Crippen molar-refractivity contribution < 1.29 is 14.3 Å². The van der Waals surface area contributed by atoms with Crippen LogP contribution in [0, 0.1) is 0 Å². The first kappa shape index (κ1) is 16.3. The number of amides is 1. The van der Waals surface area contributed by atoms with Crippen molar-refractivity contribution in [2.75, 3.05) is 13.7 Å². The number of rotatable bonds is 6. The van der Waals surface area contributed by atoms with E-state index in [0.29, 0.717) is 12.2 Å². The summed E-state index contributed by atoms with van der Waals surface area (Å²) in [5, 5.41) is 4.62. The standard InChI is InChI=1S/C18H18N2O3S/c1-23-17(21)12-19-18(22)15-11-16-14(8-10-24-16)20(15)9-7-13-5-3-2-4-6-13/h2-6,8,10-11H,7,9,12H2,1H3,(H,19,22). The largest absolute Gasteiger partial charge is 0.468 e. The molecule has 0 aliphatic heterocycles. The van der Waals surface area contributed by atoms with Crippen LogP contribution in [0.5, 0.6) is 0 Å². The first-order chi connectivity index (χ1) is 11.7. The summed E-state index contributed by atoms with van der Waals surface area (Å²) < 4.78 is 7.62. The van der Waals surface area contributed by atoms with Crippen LogP contribution in [-0.2, 0) is 22.5 Å². The summed E-state index contributed by atoms with van der Waals surface area (Å²) in [4.78, 5) is 23.7. The van der Waals surface area contributed by atoms with E-state index in [-0.39, 0.29) is 12.5 Å². The molecule has 3 rings (SSSR count). The van der Waals surface area contributed by atoms with Crippen molar-refractivity contribution in [1.82, 2.24) is 9.88 Å². The van der Waals surface area contributed by atoms with Gasteiger partial charge in [-0.1, -0.05) is 30.3 Å². The molecule has 2 aromatic heterocycles. The SMILES string of the molecule is COC(=O)CNC(=O)c1cc2sccc2n1CCc1ccccc1. The molecule has 0 aliphatic carbocycles. The summed E-state index contributed by atoms with van der Waals surface area (Å²) in [6.45, 7) is 0.568. The van der Waals surface area contributed by atoms with Crippen LogP contribution in [0.2, 0.25) is 0 Å². The van der Waals surface area contributed by atoms with Crippen molar-refractivity contribution in [3.8, 4) is 0 Å². The molecule has 0 fully saturated rings. The molecule has 3 aromatic rings. The Labute approximate surface area is 143 Å². The molecular formula is C18H18N2O3S. The van der Waals surface area contributed by atoms with E-state index in [0.717, 1.165) is 16.6 Å². The Kier molecular flexibility index (Phi) is 4.96. The number of aromatic nitrogens is 1. The van der Waals surface area contributed by atoms with Crippen LogP contribution in [0.4, 0.5) is 0 Å². The molecule has 2 heterocycles. The van der Waals surface area contributed by atoms with Crippen LogP contribution in [0.3, 0.4) is 0 Å². The molecule has 0 bridgehead atoms. The number of aryl methyl sites for hydroxylation is 2. The van der Waals surface area contributed by atoms with Gasteiger partial charge in [-0.3, -0.25) is 9.59 Å². The molecule has 0 aliphatic rings. The second-order valence-electron chi connectivity index (χ2n) is 5.35. The summed E-state index contributed by atoms with van der Waals surface area (Å²) >= 11 is 1.60. The van der Waals surface area contributed by atoms with E-state index < -0.39 is 5.97 Å². The number of esters is 1. The van der Waals surface area contributed by atoms with Gasteiger partial charge in [0, 0.05) is 6.54 Å². The number of hydrogen-bond acceptors (Lipinski definition) is 4. The third-order valence-corrected chi connectivity index (χ3v) is 4.70. The Hall–Kier alpha value is -2.60. The minimum absolute atomic E-state index is 0.132. The molecule has 0 atom stereocenters. The Bertz CT molecular complexity index is 852. The van der Waals surface area contributed by atoms with Gasteiger partial charge in [-0.15, -0.1) is 11.3 Å². The molecule has 6 heteroatoms. The lowest BCUT2D eigenvalue weighted by molar-refractivity contribution is -0.139. The van der Waals surface area contributed by atoms with Crippen LogP contribution in [0.25, 0.3) is 10.2 Å². The predicted octanol–water partition coefficient (Wildman–Crippen LogP) is 2.85. The van der Waals surface area contributed by atoms with Gasteiger partial charge in [0.15, 0.2) is 0 Å². The molecular weight excluding hydrogens is 324 g/mol. The second kappa shape index (κ2) is 7.31. The van der Waals surface area contributed by atoms with Crippen molar-refractivity contribution in [2.45, 2.75) is 13.0 Å². The van der Waals surface area contributed by atoms with Crippen LogP contribution >= 0.6 is 11.3 Å². The maximum absolute atomic E-state index is 12.4. The van der Waals surface area contributed by atoms with E-state index in [9.17, 15) is 9.59 Å². The van der Waals surface area contributed by atoms with E-state index in [1.165, 1.54) is 12.7 Å². The first-order valence-electron chi connectivity index (χ1n) is 7.64. The highest BCUT2D eigenvalue weighted by Crippen LogP contribution is 2.25. The zero-order valence-corrected chi connectivity index (χ0v) is 14.1. The molecule has 124 valence electrons. The van der Waals surface area contributed by atoms with Gasteiger partial charge in [0.1, 0.15) is 12.2 Å². The number of nitrogens with zero attached hydrogens (tertiary/aromatic N) is 1. The molecule has 0 saturated heterocycles. The third kappa shape index (κ3) is 3.49. The quantitative estimate of drug-likeness (QED) is 0.701. The average molecular weight is 342 g/mol. The predicted molar refractivity (Wildman–Crippen MR) is 94.3 cm³/mol. The molecule has 1 N–H and O–H groups in total. The van der Waals surface area contributed by atoms with Gasteiger partial charge in [0.05, 0.1) is 17.3 Å². The van der Waals surface area contributed by atoms with Gasteiger partial charge >= 0.3 is 5.97 Å². The Balaban J connectivity index is 1.81. The summed E-state index contributed by atoms with van der Waals surface area (Å²) in [6, 6.07) is 14.0. The molecule has 5 nitrogen and oxygen atoms in total. The fraction of sp³-hybridized carbons (Fsp3) is 0.222. The van der Waals surface area contributed by atoms with Crippen molar-refractivity contribution in [3.63, 3.8) is 0 Å². The van der Waals surface area contributed by atoms with Gasteiger partial charge in [0.2, 0.25) is 0 Å². The topological polar surface area (TPSA) is 60.3 Å². The fourth-order valence-electron chi connectivity index (χ4n) is 2.61. The maximum atomic E-state index is 12.4. The monoisotopic (exact) mass is 342 g/mol. The lowest BCUT2D eigenvalue weighted by Gasteiger charge is -2.10. The Morgan fingerprint density at radius 2 is 2.00 bits per heavy atom. The Morgan fingerprint density at radius 1 is 1.21 bits per heavy atom. The fourth-order valence-corrected chi connectivity index (χ4v) is 3.43. The number of ether oxygens (including phenoxy) is 1. The molecule has 1 amide bonds. The average Bonchev–Trinajstić information content (AvgIpc) is 3.20. The van der Waals surface area contributed by atoms with Crippen LogP contribution in [0.1, 0.15) is 16.1 Å². The lowest BCUT2D eigenvalue weighted by atomic mass is 10.1. The number of carbonyl (C=O) groups is 2. The highest BCUT2D eigenvalue weighted by Gasteiger charge is 2.17. The smallest absolute Gasteiger partial charge is 0.325 e. The highest BCUT2D eigenvalue weighted by atomic mass is 32.1. The summed E-state index contributed by atoms with van der Waals surface area (Å²) in [5.74, 6) is -0.732. The molecule has 24 heavy (non-hydrogen) atoms. The zero-order valence-electron chi connectivity index (χ0n) is 13.3. The molecule has 0 spiro atoms. The van der Waals surface area contributed by atoms with Gasteiger partial charge in [-0.25, -0.2) is 0 Å². The molecule has 1 aromatic carbocycles. The van der Waals surface area contributed by atoms with Gasteiger partial charge in [-0.05, 0) is 29.5 Å².